The SMILES string of the molecule is CC(O)C(C)(C)Nc1cncc(Cl)n1. The van der Waals surface area contributed by atoms with Crippen molar-refractivity contribution in [3.05, 3.63) is 17.5 Å². The highest BCUT2D eigenvalue weighted by Gasteiger charge is 2.24. The van der Waals surface area contributed by atoms with E-state index in [0.717, 1.165) is 0 Å². The van der Waals surface area contributed by atoms with Gasteiger partial charge in [0.15, 0.2) is 0 Å². The maximum absolute atomic E-state index is 9.47. The number of aliphatic hydroxyl groups excluding tert-OH is 1. The fourth-order valence-corrected chi connectivity index (χ4v) is 0.984. The van der Waals surface area contributed by atoms with Crippen LogP contribution in [-0.2, 0) is 0 Å². The van der Waals surface area contributed by atoms with Crippen molar-refractivity contribution in [3.63, 3.8) is 0 Å². The predicted molar refractivity (Wildman–Crippen MR) is 56.4 cm³/mol. The van der Waals surface area contributed by atoms with Crippen LogP contribution in [0.5, 0.6) is 0 Å². The van der Waals surface area contributed by atoms with E-state index in [1.54, 1.807) is 13.1 Å². The van der Waals surface area contributed by atoms with Gasteiger partial charge in [0, 0.05) is 0 Å². The van der Waals surface area contributed by atoms with Crippen LogP contribution in [0.2, 0.25) is 5.15 Å². The molecule has 5 heteroatoms. The number of hydrogen-bond donors (Lipinski definition) is 2. The van der Waals surface area contributed by atoms with Crippen molar-refractivity contribution in [3.8, 4) is 0 Å². The molecule has 0 bridgehead atoms. The first kappa shape index (κ1) is 11.2. The lowest BCUT2D eigenvalue weighted by Crippen LogP contribution is -2.42. The molecule has 0 amide bonds. The third-order valence-electron chi connectivity index (χ3n) is 2.10. The fourth-order valence-electron chi connectivity index (χ4n) is 0.837. The van der Waals surface area contributed by atoms with Gasteiger partial charge in [-0.15, -0.1) is 0 Å². The monoisotopic (exact) mass is 215 g/mol. The summed E-state index contributed by atoms with van der Waals surface area (Å²) in [6.07, 6.45) is 2.53. The topological polar surface area (TPSA) is 58.0 Å². The Bertz CT molecular complexity index is 315. The quantitative estimate of drug-likeness (QED) is 0.806. The number of aromatic nitrogens is 2. The van der Waals surface area contributed by atoms with Crippen LogP contribution in [-0.4, -0.2) is 26.7 Å². The molecule has 0 aliphatic carbocycles. The molecule has 1 aromatic rings. The summed E-state index contributed by atoms with van der Waals surface area (Å²) in [6.45, 7) is 5.46. The second kappa shape index (κ2) is 4.11. The average Bonchev–Trinajstić information content (AvgIpc) is 2.02. The normalized spacial score (nSPS) is 13.8. The predicted octanol–water partition coefficient (Wildman–Crippen LogP) is 1.70. The second-order valence-electron chi connectivity index (χ2n) is 3.75. The highest BCUT2D eigenvalue weighted by Crippen LogP contribution is 2.16. The van der Waals surface area contributed by atoms with E-state index in [0.29, 0.717) is 11.0 Å². The van der Waals surface area contributed by atoms with Gasteiger partial charge in [0.25, 0.3) is 0 Å². The van der Waals surface area contributed by atoms with Crippen LogP contribution in [0.25, 0.3) is 0 Å². The third-order valence-corrected chi connectivity index (χ3v) is 2.28. The number of hydrogen-bond acceptors (Lipinski definition) is 4. The molecule has 0 fully saturated rings. The molecule has 0 spiro atoms. The van der Waals surface area contributed by atoms with Crippen molar-refractivity contribution >= 4 is 17.4 Å². The van der Waals surface area contributed by atoms with Gasteiger partial charge in [-0.2, -0.15) is 0 Å². The highest BCUT2D eigenvalue weighted by molar-refractivity contribution is 6.29. The van der Waals surface area contributed by atoms with E-state index in [4.69, 9.17) is 11.6 Å². The van der Waals surface area contributed by atoms with E-state index in [9.17, 15) is 5.11 Å². The molecule has 14 heavy (non-hydrogen) atoms. The lowest BCUT2D eigenvalue weighted by atomic mass is 9.99. The molecule has 0 saturated carbocycles. The minimum atomic E-state index is -0.497. The molecule has 0 aliphatic heterocycles. The van der Waals surface area contributed by atoms with Gasteiger partial charge in [-0.1, -0.05) is 11.6 Å². The van der Waals surface area contributed by atoms with Crippen LogP contribution in [0.4, 0.5) is 5.82 Å². The van der Waals surface area contributed by atoms with E-state index < -0.39 is 11.6 Å². The van der Waals surface area contributed by atoms with Gasteiger partial charge in [-0.25, -0.2) is 4.98 Å². The molecule has 1 unspecified atom stereocenters. The first-order chi connectivity index (χ1) is 6.42. The maximum atomic E-state index is 9.47. The average molecular weight is 216 g/mol. The van der Waals surface area contributed by atoms with Crippen molar-refractivity contribution in [2.24, 2.45) is 0 Å². The molecule has 78 valence electrons. The molecule has 2 N–H and O–H groups in total. The lowest BCUT2D eigenvalue weighted by Gasteiger charge is -2.29. The number of anilines is 1. The molecular formula is C9H14ClN3O. The van der Waals surface area contributed by atoms with Gasteiger partial charge >= 0.3 is 0 Å². The summed E-state index contributed by atoms with van der Waals surface area (Å²) < 4.78 is 0. The van der Waals surface area contributed by atoms with Gasteiger partial charge in [-0.3, -0.25) is 4.98 Å². The van der Waals surface area contributed by atoms with E-state index in [-0.39, 0.29) is 0 Å². The summed E-state index contributed by atoms with van der Waals surface area (Å²) in [5.74, 6) is 0.559. The Kier molecular flexibility index (Phi) is 3.29. The third kappa shape index (κ3) is 2.82. The first-order valence-corrected chi connectivity index (χ1v) is 4.73. The van der Waals surface area contributed by atoms with Crippen LogP contribution >= 0.6 is 11.6 Å². The van der Waals surface area contributed by atoms with Crippen molar-refractivity contribution in [2.45, 2.75) is 32.4 Å². The summed E-state index contributed by atoms with van der Waals surface area (Å²) in [6, 6.07) is 0. The minimum absolute atomic E-state index is 0.330. The van der Waals surface area contributed by atoms with E-state index in [1.165, 1.54) is 6.20 Å². The Hall–Kier alpha value is -0.870. The molecular weight excluding hydrogens is 202 g/mol. The highest BCUT2D eigenvalue weighted by atomic mass is 35.5. The summed E-state index contributed by atoms with van der Waals surface area (Å²) in [5, 5.41) is 12.8. The Morgan fingerprint density at radius 2 is 2.14 bits per heavy atom. The molecule has 0 radical (unpaired) electrons. The van der Waals surface area contributed by atoms with Crippen molar-refractivity contribution in [2.75, 3.05) is 5.32 Å². The van der Waals surface area contributed by atoms with Crippen LogP contribution < -0.4 is 5.32 Å². The van der Waals surface area contributed by atoms with Gasteiger partial charge in [0.1, 0.15) is 11.0 Å². The molecule has 1 heterocycles. The number of nitrogens with zero attached hydrogens (tertiary/aromatic N) is 2. The summed E-state index contributed by atoms with van der Waals surface area (Å²) in [5.41, 5.74) is -0.459. The molecule has 0 aromatic carbocycles. The smallest absolute Gasteiger partial charge is 0.149 e. The molecule has 1 atom stereocenters. The Balaban J connectivity index is 2.78. The number of halogens is 1. The van der Waals surface area contributed by atoms with Gasteiger partial charge in [-0.05, 0) is 20.8 Å². The second-order valence-corrected chi connectivity index (χ2v) is 4.14. The largest absolute Gasteiger partial charge is 0.391 e. The van der Waals surface area contributed by atoms with E-state index in [2.05, 4.69) is 15.3 Å². The summed E-state index contributed by atoms with van der Waals surface area (Å²) in [4.78, 5) is 7.91. The van der Waals surface area contributed by atoms with Gasteiger partial charge in [0.05, 0.1) is 24.0 Å². The molecule has 4 nitrogen and oxygen atoms in total. The van der Waals surface area contributed by atoms with Crippen molar-refractivity contribution in [1.29, 1.82) is 0 Å². The van der Waals surface area contributed by atoms with Gasteiger partial charge < -0.3 is 10.4 Å². The summed E-state index contributed by atoms with van der Waals surface area (Å²) >= 11 is 5.68. The maximum Gasteiger partial charge on any atom is 0.149 e. The number of aliphatic hydroxyl groups is 1. The molecule has 0 aliphatic rings. The Morgan fingerprint density at radius 3 is 2.64 bits per heavy atom. The summed E-state index contributed by atoms with van der Waals surface area (Å²) in [7, 11) is 0. The number of nitrogens with one attached hydrogen (secondary N) is 1. The Morgan fingerprint density at radius 1 is 1.50 bits per heavy atom. The van der Waals surface area contributed by atoms with Crippen LogP contribution in [0.3, 0.4) is 0 Å². The minimum Gasteiger partial charge on any atom is -0.391 e. The zero-order valence-corrected chi connectivity index (χ0v) is 9.21. The standard InChI is InChI=1S/C9H14ClN3O/c1-6(14)9(2,3)13-8-5-11-4-7(10)12-8/h4-6,14H,1-3H3,(H,12,13). The molecule has 0 saturated heterocycles. The van der Waals surface area contributed by atoms with E-state index in [1.807, 2.05) is 13.8 Å². The zero-order valence-electron chi connectivity index (χ0n) is 8.45. The van der Waals surface area contributed by atoms with E-state index >= 15 is 0 Å². The lowest BCUT2D eigenvalue weighted by molar-refractivity contribution is 0.133. The fraction of sp³-hybridized carbons (Fsp3) is 0.556. The van der Waals surface area contributed by atoms with Crippen LogP contribution in [0, 0.1) is 0 Å². The zero-order chi connectivity index (χ0) is 10.8. The van der Waals surface area contributed by atoms with Crippen LogP contribution in [0.15, 0.2) is 12.4 Å². The van der Waals surface area contributed by atoms with Gasteiger partial charge in [0.2, 0.25) is 0 Å². The van der Waals surface area contributed by atoms with Crippen LogP contribution in [0.1, 0.15) is 20.8 Å². The van der Waals surface area contributed by atoms with Crippen molar-refractivity contribution in [1.82, 2.24) is 9.97 Å². The molecule has 1 aromatic heterocycles. The Labute approximate surface area is 88.3 Å². The molecule has 1 rings (SSSR count). The van der Waals surface area contributed by atoms with Crippen molar-refractivity contribution < 1.29 is 5.11 Å². The number of rotatable bonds is 3. The first-order valence-electron chi connectivity index (χ1n) is 4.35.